The smallest absolute Gasteiger partial charge is 0.143 e. The highest BCUT2D eigenvalue weighted by molar-refractivity contribution is 5.72. The van der Waals surface area contributed by atoms with Gasteiger partial charge in [-0.05, 0) is 41.8 Å². The molecule has 0 aliphatic carbocycles. The van der Waals surface area contributed by atoms with E-state index < -0.39 is 0 Å². The second-order valence-corrected chi connectivity index (χ2v) is 4.99. The van der Waals surface area contributed by atoms with E-state index in [1.807, 2.05) is 0 Å². The van der Waals surface area contributed by atoms with Gasteiger partial charge in [-0.2, -0.15) is 0 Å². The van der Waals surface area contributed by atoms with Gasteiger partial charge in [-0.3, -0.25) is 0 Å². The van der Waals surface area contributed by atoms with Crippen molar-refractivity contribution in [3.8, 4) is 16.9 Å². The minimum absolute atomic E-state index is 0.732. The third-order valence-electron chi connectivity index (χ3n) is 3.45. The second kappa shape index (κ2) is 5.87. The van der Waals surface area contributed by atoms with Crippen molar-refractivity contribution >= 4 is 11.4 Å². The topological polar surface area (TPSA) is 33.3 Å². The summed E-state index contributed by atoms with van der Waals surface area (Å²) >= 11 is 0. The number of anilines is 2. The van der Waals surface area contributed by atoms with Crippen LogP contribution in [-0.2, 0) is 0 Å². The van der Waals surface area contributed by atoms with Crippen LogP contribution in [-0.4, -0.2) is 19.7 Å². The van der Waals surface area contributed by atoms with E-state index >= 15 is 0 Å². The molecule has 2 aromatic rings. The van der Waals surface area contributed by atoms with Gasteiger partial charge in [-0.15, -0.1) is 0 Å². The van der Waals surface area contributed by atoms with Crippen molar-refractivity contribution in [1.29, 1.82) is 0 Å². The molecule has 0 saturated carbocycles. The first kappa shape index (κ1) is 12.9. The first-order valence-corrected chi connectivity index (χ1v) is 7.22. The van der Waals surface area contributed by atoms with Gasteiger partial charge in [0, 0.05) is 18.8 Å². The summed E-state index contributed by atoms with van der Waals surface area (Å²) in [6.07, 6.45) is 1.14. The molecule has 0 radical (unpaired) electrons. The van der Waals surface area contributed by atoms with E-state index in [0.717, 1.165) is 37.6 Å². The number of ether oxygens (including phenoxy) is 1. The van der Waals surface area contributed by atoms with Crippen LogP contribution in [0.25, 0.3) is 11.1 Å². The third-order valence-corrected chi connectivity index (χ3v) is 3.45. The Bertz CT molecular complexity index is 578. The van der Waals surface area contributed by atoms with Crippen LogP contribution in [0.1, 0.15) is 13.3 Å². The molecule has 2 aromatic carbocycles. The quantitative estimate of drug-likeness (QED) is 0.880. The molecule has 2 N–H and O–H groups in total. The van der Waals surface area contributed by atoms with Crippen molar-refractivity contribution in [2.24, 2.45) is 0 Å². The van der Waals surface area contributed by atoms with Gasteiger partial charge >= 0.3 is 0 Å². The maximum absolute atomic E-state index is 5.69. The molecular formula is C17H20N2O. The fraction of sp³-hybridized carbons (Fsp3) is 0.294. The van der Waals surface area contributed by atoms with E-state index in [2.05, 4.69) is 60.0 Å². The van der Waals surface area contributed by atoms with Gasteiger partial charge in [0.05, 0.1) is 5.69 Å². The Morgan fingerprint density at radius 3 is 2.70 bits per heavy atom. The maximum Gasteiger partial charge on any atom is 0.143 e. The highest BCUT2D eigenvalue weighted by Gasteiger charge is 2.10. The summed E-state index contributed by atoms with van der Waals surface area (Å²) in [5, 5.41) is 6.73. The summed E-state index contributed by atoms with van der Waals surface area (Å²) in [6.45, 7) is 4.79. The molecule has 1 aliphatic heterocycles. The van der Waals surface area contributed by atoms with E-state index in [9.17, 15) is 0 Å². The highest BCUT2D eigenvalue weighted by Crippen LogP contribution is 2.32. The zero-order valence-corrected chi connectivity index (χ0v) is 11.8. The van der Waals surface area contributed by atoms with E-state index in [1.165, 1.54) is 16.8 Å². The fourth-order valence-corrected chi connectivity index (χ4v) is 2.36. The highest BCUT2D eigenvalue weighted by atomic mass is 16.5. The van der Waals surface area contributed by atoms with Crippen molar-refractivity contribution < 1.29 is 4.74 Å². The van der Waals surface area contributed by atoms with E-state index in [1.54, 1.807) is 0 Å². The molecule has 3 rings (SSSR count). The van der Waals surface area contributed by atoms with Crippen LogP contribution < -0.4 is 15.4 Å². The molecule has 3 nitrogen and oxygen atoms in total. The average Bonchev–Trinajstić information content (AvgIpc) is 2.53. The van der Waals surface area contributed by atoms with E-state index in [4.69, 9.17) is 4.74 Å². The minimum atomic E-state index is 0.732. The van der Waals surface area contributed by atoms with Crippen molar-refractivity contribution in [3.05, 3.63) is 42.5 Å². The van der Waals surface area contributed by atoms with Gasteiger partial charge in [0.25, 0.3) is 0 Å². The van der Waals surface area contributed by atoms with Crippen LogP contribution in [0.5, 0.6) is 5.75 Å². The molecule has 0 spiro atoms. The molecule has 104 valence electrons. The largest absolute Gasteiger partial charge is 0.490 e. The van der Waals surface area contributed by atoms with Gasteiger partial charge in [-0.25, -0.2) is 0 Å². The van der Waals surface area contributed by atoms with Gasteiger partial charge < -0.3 is 15.4 Å². The molecule has 1 aliphatic rings. The molecule has 3 heteroatoms. The first-order valence-electron chi connectivity index (χ1n) is 7.22. The fourth-order valence-electron chi connectivity index (χ4n) is 2.36. The van der Waals surface area contributed by atoms with Gasteiger partial charge in [0.2, 0.25) is 0 Å². The Hall–Kier alpha value is -2.16. The zero-order chi connectivity index (χ0) is 13.8. The first-order chi connectivity index (χ1) is 9.86. The van der Waals surface area contributed by atoms with Crippen LogP contribution in [0.3, 0.4) is 0 Å². The van der Waals surface area contributed by atoms with Crippen molar-refractivity contribution in [2.75, 3.05) is 30.3 Å². The average molecular weight is 268 g/mol. The Kier molecular flexibility index (Phi) is 3.77. The summed E-state index contributed by atoms with van der Waals surface area (Å²) in [5.74, 6) is 0.946. The molecule has 0 unspecified atom stereocenters. The van der Waals surface area contributed by atoms with Gasteiger partial charge in [-0.1, -0.05) is 25.1 Å². The summed E-state index contributed by atoms with van der Waals surface area (Å²) in [4.78, 5) is 0. The lowest BCUT2D eigenvalue weighted by atomic mass is 10.0. The molecule has 0 amide bonds. The second-order valence-electron chi connectivity index (χ2n) is 4.99. The van der Waals surface area contributed by atoms with Crippen LogP contribution in [0.15, 0.2) is 42.5 Å². The third kappa shape index (κ3) is 2.72. The Balaban J connectivity index is 1.81. The SMILES string of the molecule is CCCNc1ccc(-c2ccc3c(c2)OCCN3)cc1. The lowest BCUT2D eigenvalue weighted by molar-refractivity contribution is 0.323. The Morgan fingerprint density at radius 2 is 1.90 bits per heavy atom. The molecular weight excluding hydrogens is 248 g/mol. The molecule has 1 heterocycles. The number of nitrogens with one attached hydrogen (secondary N) is 2. The summed E-state index contributed by atoms with van der Waals surface area (Å²) in [7, 11) is 0. The van der Waals surface area contributed by atoms with Crippen molar-refractivity contribution in [1.82, 2.24) is 0 Å². The standard InChI is InChI=1S/C17H20N2O/c1-2-9-18-15-6-3-13(4-7-15)14-5-8-16-17(12-14)20-11-10-19-16/h3-8,12,18-19H,2,9-11H2,1H3. The normalized spacial score (nSPS) is 13.1. The van der Waals surface area contributed by atoms with Gasteiger partial charge in [0.15, 0.2) is 0 Å². The van der Waals surface area contributed by atoms with E-state index in [0.29, 0.717) is 0 Å². The maximum atomic E-state index is 5.69. The predicted octanol–water partition coefficient (Wildman–Crippen LogP) is 3.98. The molecule has 0 aromatic heterocycles. The van der Waals surface area contributed by atoms with Crippen LogP contribution >= 0.6 is 0 Å². The van der Waals surface area contributed by atoms with Crippen LogP contribution in [0.2, 0.25) is 0 Å². The molecule has 0 bridgehead atoms. The number of fused-ring (bicyclic) bond motifs is 1. The number of benzene rings is 2. The lowest BCUT2D eigenvalue weighted by Gasteiger charge is -2.19. The summed E-state index contributed by atoms with van der Waals surface area (Å²) < 4.78 is 5.69. The molecule has 0 fully saturated rings. The summed E-state index contributed by atoms with van der Waals surface area (Å²) in [6, 6.07) is 14.9. The summed E-state index contributed by atoms with van der Waals surface area (Å²) in [5.41, 5.74) is 4.66. The minimum Gasteiger partial charge on any atom is -0.490 e. The molecule has 0 saturated heterocycles. The Morgan fingerprint density at radius 1 is 1.10 bits per heavy atom. The van der Waals surface area contributed by atoms with Crippen LogP contribution in [0, 0.1) is 0 Å². The zero-order valence-electron chi connectivity index (χ0n) is 11.8. The number of rotatable bonds is 4. The molecule has 0 atom stereocenters. The van der Waals surface area contributed by atoms with Crippen molar-refractivity contribution in [3.63, 3.8) is 0 Å². The lowest BCUT2D eigenvalue weighted by Crippen LogP contribution is -2.17. The monoisotopic (exact) mass is 268 g/mol. The predicted molar refractivity (Wildman–Crippen MR) is 84.6 cm³/mol. The van der Waals surface area contributed by atoms with Gasteiger partial charge in [0.1, 0.15) is 12.4 Å². The molecule has 20 heavy (non-hydrogen) atoms. The number of hydrogen-bond acceptors (Lipinski definition) is 3. The number of hydrogen-bond donors (Lipinski definition) is 2. The Labute approximate surface area is 120 Å². The van der Waals surface area contributed by atoms with Crippen LogP contribution in [0.4, 0.5) is 11.4 Å². The van der Waals surface area contributed by atoms with E-state index in [-0.39, 0.29) is 0 Å². The van der Waals surface area contributed by atoms with Crippen molar-refractivity contribution in [2.45, 2.75) is 13.3 Å².